The normalized spacial score (nSPS) is 13.7. The number of halogens is 1. The molecule has 1 atom stereocenters. The molecule has 0 spiro atoms. The zero-order chi connectivity index (χ0) is 30.5. The van der Waals surface area contributed by atoms with Crippen LogP contribution in [0.4, 0.5) is 14.9 Å². The number of methoxy groups -OCH3 is 1. The van der Waals surface area contributed by atoms with Crippen molar-refractivity contribution in [3.8, 4) is 22.2 Å². The number of pyridine rings is 1. The number of hydrogen-bond acceptors (Lipinski definition) is 9. The van der Waals surface area contributed by atoms with Gasteiger partial charge in [0.15, 0.2) is 11.6 Å². The highest BCUT2D eigenvalue weighted by atomic mass is 32.1. The number of nitrogens with zero attached hydrogens (tertiary/aromatic N) is 4. The van der Waals surface area contributed by atoms with Gasteiger partial charge in [-0.2, -0.15) is 0 Å². The highest BCUT2D eigenvalue weighted by Crippen LogP contribution is 2.39. The van der Waals surface area contributed by atoms with E-state index in [-0.39, 0.29) is 30.8 Å². The number of imidazole rings is 1. The van der Waals surface area contributed by atoms with Crippen LogP contribution < -0.4 is 15.4 Å². The first kappa shape index (κ1) is 30.1. The number of aromatic nitrogens is 3. The minimum absolute atomic E-state index is 0.00524. The van der Waals surface area contributed by atoms with Gasteiger partial charge in [-0.25, -0.2) is 14.2 Å². The number of aliphatic carboxylic acids is 1. The number of carbonyl (C=O) groups is 3. The van der Waals surface area contributed by atoms with E-state index in [1.54, 1.807) is 29.4 Å². The van der Waals surface area contributed by atoms with E-state index < -0.39 is 17.8 Å². The van der Waals surface area contributed by atoms with Gasteiger partial charge in [0.2, 0.25) is 0 Å². The molecule has 3 heterocycles. The third kappa shape index (κ3) is 7.16. The van der Waals surface area contributed by atoms with Crippen molar-refractivity contribution < 1.29 is 33.4 Å². The lowest BCUT2D eigenvalue weighted by Gasteiger charge is -2.27. The number of carboxylic acid groups (broad SMARTS) is 1. The Morgan fingerprint density at radius 1 is 1.26 bits per heavy atom. The van der Waals surface area contributed by atoms with E-state index in [1.165, 1.54) is 30.6 Å². The standard InChI is InChI=1S/C29H31FN6O6S/c1-35-19(16-36(10-12-41-2)22(8-11-37)28(38)39)15-32-27(35)25-14-21-26(43-25)24(7-9-31-21)42-23-6-5-18(13-20(23)30)34-29(40)33-17-3-4-17/h5-7,9,11,13-15,17,22H,3-4,8,10,12,16H2,1-2H3,(H,38,39)(H2,33,34,40). The number of rotatable bonds is 14. The first-order chi connectivity index (χ1) is 20.8. The summed E-state index contributed by atoms with van der Waals surface area (Å²) in [5, 5.41) is 15.1. The molecule has 1 unspecified atom stereocenters. The highest BCUT2D eigenvalue weighted by Gasteiger charge is 2.27. The molecule has 2 amide bonds. The maximum Gasteiger partial charge on any atom is 0.321 e. The van der Waals surface area contributed by atoms with E-state index >= 15 is 0 Å². The summed E-state index contributed by atoms with van der Waals surface area (Å²) in [6.07, 6.45) is 5.58. The Balaban J connectivity index is 1.35. The van der Waals surface area contributed by atoms with Crippen molar-refractivity contribution in [2.75, 3.05) is 25.6 Å². The summed E-state index contributed by atoms with van der Waals surface area (Å²) in [6.45, 7) is 0.853. The van der Waals surface area contributed by atoms with E-state index in [0.717, 1.165) is 23.4 Å². The zero-order valence-corrected chi connectivity index (χ0v) is 24.4. The SMILES string of the molecule is COCCN(Cc1cnc(-c2cc3nccc(Oc4ccc(NC(=O)NC5CC5)cc4F)c3s2)n1C)C(CC=O)C(=O)O. The van der Waals surface area contributed by atoms with Gasteiger partial charge in [0.05, 0.1) is 33.6 Å². The van der Waals surface area contributed by atoms with Crippen molar-refractivity contribution in [2.45, 2.75) is 37.9 Å². The van der Waals surface area contributed by atoms with Gasteiger partial charge in [0, 0.05) is 63.7 Å². The lowest BCUT2D eigenvalue weighted by atomic mass is 10.1. The third-order valence-electron chi connectivity index (χ3n) is 7.00. The Morgan fingerprint density at radius 3 is 2.77 bits per heavy atom. The first-order valence-corrected chi connectivity index (χ1v) is 14.4. The molecule has 3 N–H and O–H groups in total. The number of carboxylic acids is 1. The van der Waals surface area contributed by atoms with Crippen molar-refractivity contribution in [1.82, 2.24) is 24.8 Å². The van der Waals surface area contributed by atoms with Gasteiger partial charge in [-0.1, -0.05) is 0 Å². The molecule has 1 fully saturated rings. The Labute approximate surface area is 250 Å². The molecular weight excluding hydrogens is 579 g/mol. The molecule has 1 aliphatic rings. The summed E-state index contributed by atoms with van der Waals surface area (Å²) in [5.41, 5.74) is 1.69. The van der Waals surface area contributed by atoms with Gasteiger partial charge < -0.3 is 34.6 Å². The van der Waals surface area contributed by atoms with Gasteiger partial charge in [-0.15, -0.1) is 11.3 Å². The minimum Gasteiger partial charge on any atom is -0.480 e. The molecular formula is C29H31FN6O6S. The molecule has 0 saturated heterocycles. The summed E-state index contributed by atoms with van der Waals surface area (Å²) in [6, 6.07) is 6.54. The van der Waals surface area contributed by atoms with Gasteiger partial charge >= 0.3 is 12.0 Å². The topological polar surface area (TPSA) is 148 Å². The van der Waals surface area contributed by atoms with E-state index in [4.69, 9.17) is 9.47 Å². The molecule has 1 aliphatic carbocycles. The number of aldehydes is 1. The number of nitrogens with one attached hydrogen (secondary N) is 2. The third-order valence-corrected chi connectivity index (χ3v) is 8.13. The van der Waals surface area contributed by atoms with Crippen LogP contribution in [-0.4, -0.2) is 75.2 Å². The number of fused-ring (bicyclic) bond motifs is 1. The predicted molar refractivity (Wildman–Crippen MR) is 158 cm³/mol. The smallest absolute Gasteiger partial charge is 0.321 e. The number of carbonyl (C=O) groups excluding carboxylic acids is 2. The molecule has 3 aromatic heterocycles. The van der Waals surface area contributed by atoms with Gasteiger partial charge in [-0.3, -0.25) is 14.7 Å². The molecule has 14 heteroatoms. The molecule has 0 aliphatic heterocycles. The summed E-state index contributed by atoms with van der Waals surface area (Å²) in [7, 11) is 3.35. The minimum atomic E-state index is -1.09. The van der Waals surface area contributed by atoms with Gasteiger partial charge in [0.1, 0.15) is 23.9 Å². The van der Waals surface area contributed by atoms with Crippen LogP contribution in [0.3, 0.4) is 0 Å². The summed E-state index contributed by atoms with van der Waals surface area (Å²) in [5.74, 6) is -0.689. The number of urea groups is 1. The maximum absolute atomic E-state index is 14.9. The van der Waals surface area contributed by atoms with E-state index in [2.05, 4.69) is 20.6 Å². The molecule has 0 bridgehead atoms. The highest BCUT2D eigenvalue weighted by molar-refractivity contribution is 7.22. The average molecular weight is 611 g/mol. The Hall–Kier alpha value is -4.40. The number of anilines is 1. The quantitative estimate of drug-likeness (QED) is 0.177. The van der Waals surface area contributed by atoms with E-state index in [0.29, 0.717) is 46.9 Å². The first-order valence-electron chi connectivity index (χ1n) is 13.6. The fraction of sp³-hybridized carbons (Fsp3) is 0.345. The Morgan fingerprint density at radius 2 is 2.07 bits per heavy atom. The lowest BCUT2D eigenvalue weighted by Crippen LogP contribution is -2.43. The second-order valence-corrected chi connectivity index (χ2v) is 11.2. The Bertz CT molecular complexity index is 1640. The van der Waals surface area contributed by atoms with E-state index in [9.17, 15) is 23.9 Å². The zero-order valence-electron chi connectivity index (χ0n) is 23.6. The summed E-state index contributed by atoms with van der Waals surface area (Å²) < 4.78 is 28.6. The monoisotopic (exact) mass is 610 g/mol. The second-order valence-electron chi connectivity index (χ2n) is 10.1. The van der Waals surface area contributed by atoms with Crippen LogP contribution in [-0.2, 0) is 27.9 Å². The molecule has 5 rings (SSSR count). The summed E-state index contributed by atoms with van der Waals surface area (Å²) >= 11 is 1.37. The fourth-order valence-electron chi connectivity index (χ4n) is 4.55. The van der Waals surface area contributed by atoms with Crippen LogP contribution in [0.5, 0.6) is 11.5 Å². The number of ether oxygens (including phenoxy) is 2. The average Bonchev–Trinajstić information content (AvgIpc) is 3.55. The summed E-state index contributed by atoms with van der Waals surface area (Å²) in [4.78, 5) is 46.5. The van der Waals surface area contributed by atoms with Crippen molar-refractivity contribution in [2.24, 2.45) is 7.05 Å². The predicted octanol–water partition coefficient (Wildman–Crippen LogP) is 4.40. The fourth-order valence-corrected chi connectivity index (χ4v) is 5.64. The van der Waals surface area contributed by atoms with E-state index in [1.807, 2.05) is 17.7 Å². The number of hydrogen-bond donors (Lipinski definition) is 3. The number of benzene rings is 1. The number of thiophene rings is 1. The Kier molecular flexibility index (Phi) is 9.28. The molecule has 226 valence electrons. The van der Waals surface area contributed by atoms with Crippen molar-refractivity contribution in [3.05, 3.63) is 54.2 Å². The van der Waals surface area contributed by atoms with Crippen LogP contribution in [0.1, 0.15) is 25.0 Å². The van der Waals surface area contributed by atoms with Gasteiger partial charge in [0.25, 0.3) is 0 Å². The van der Waals surface area contributed by atoms with Crippen LogP contribution in [0.25, 0.3) is 20.9 Å². The van der Waals surface area contributed by atoms with Crippen LogP contribution in [0.15, 0.2) is 42.7 Å². The van der Waals surface area contributed by atoms with Crippen LogP contribution >= 0.6 is 11.3 Å². The lowest BCUT2D eigenvalue weighted by molar-refractivity contribution is -0.145. The second kappa shape index (κ2) is 13.3. The maximum atomic E-state index is 14.9. The van der Waals surface area contributed by atoms with Crippen LogP contribution in [0, 0.1) is 5.82 Å². The molecule has 1 aromatic carbocycles. The van der Waals surface area contributed by atoms with Crippen molar-refractivity contribution in [3.63, 3.8) is 0 Å². The molecule has 43 heavy (non-hydrogen) atoms. The largest absolute Gasteiger partial charge is 0.480 e. The van der Waals surface area contributed by atoms with Gasteiger partial charge in [-0.05, 0) is 31.0 Å². The van der Waals surface area contributed by atoms with Crippen molar-refractivity contribution >= 4 is 45.5 Å². The van der Waals surface area contributed by atoms with Crippen LogP contribution in [0.2, 0.25) is 0 Å². The molecule has 0 radical (unpaired) electrons. The molecule has 1 saturated carbocycles. The van der Waals surface area contributed by atoms with Crippen molar-refractivity contribution in [1.29, 1.82) is 0 Å². The molecule has 4 aromatic rings. The molecule has 12 nitrogen and oxygen atoms in total. The number of amides is 2.